The fourth-order valence-electron chi connectivity index (χ4n) is 6.96. The van der Waals surface area contributed by atoms with Gasteiger partial charge in [0.1, 0.15) is 35.2 Å². The second-order valence-electron chi connectivity index (χ2n) is 11.5. The van der Waals surface area contributed by atoms with E-state index in [1.54, 1.807) is 0 Å². The van der Waals surface area contributed by atoms with E-state index in [0.29, 0.717) is 0 Å². The molecule has 0 radical (unpaired) electrons. The number of H-pyrrole nitrogens is 1. The van der Waals surface area contributed by atoms with E-state index in [1.165, 1.54) is 6.92 Å². The highest BCUT2D eigenvalue weighted by molar-refractivity contribution is 6.39. The molecule has 0 amide bonds. The Hall–Kier alpha value is -4.18. The second kappa shape index (κ2) is 10.2. The van der Waals surface area contributed by atoms with Crippen LogP contribution in [0.2, 0.25) is 5.02 Å². The van der Waals surface area contributed by atoms with Crippen molar-refractivity contribution < 1.29 is 59.7 Å². The standard InChI is InChI=1S/C30H26ClNO13/c1-7(33)20(35)26(41)21(36)10-5-9-13(29(44)32-10)25(40)18-8(19(9)31)3-4-30(18)27(42)16-17(28(30)43)24(39)15-14(23(16)38)11(34)6-12(45-2)22(15)37/h5-7,15,20-21,24,26,33,35-36,38-41H,3-4H2,1-2H3,(H,32,44). The van der Waals surface area contributed by atoms with Crippen molar-refractivity contribution in [1.29, 1.82) is 0 Å². The van der Waals surface area contributed by atoms with E-state index in [-0.39, 0.29) is 40.1 Å². The molecule has 236 valence electrons. The zero-order chi connectivity index (χ0) is 33.0. The number of ether oxygens (including phenoxy) is 1. The summed E-state index contributed by atoms with van der Waals surface area (Å²) < 4.78 is 4.92. The number of halogens is 1. The van der Waals surface area contributed by atoms with Crippen LogP contribution in [0, 0.1) is 5.92 Å². The number of Topliss-reactive ketones (excluding diaryl/α,β-unsaturated/α-hetero) is 3. The van der Waals surface area contributed by atoms with E-state index < -0.39 is 110 Å². The number of ketones is 4. The first kappa shape index (κ1) is 30.8. The van der Waals surface area contributed by atoms with Gasteiger partial charge in [0.25, 0.3) is 5.56 Å². The molecule has 14 nitrogen and oxygen atoms in total. The molecular weight excluding hydrogens is 618 g/mol. The highest BCUT2D eigenvalue weighted by atomic mass is 35.5. The van der Waals surface area contributed by atoms with Crippen molar-refractivity contribution in [2.45, 2.75) is 55.7 Å². The number of aliphatic hydroxyl groups excluding tert-OH is 6. The zero-order valence-electron chi connectivity index (χ0n) is 23.5. The van der Waals surface area contributed by atoms with Crippen LogP contribution in [0.3, 0.4) is 0 Å². The highest BCUT2D eigenvalue weighted by Gasteiger charge is 2.65. The summed E-state index contributed by atoms with van der Waals surface area (Å²) in [5, 5.41) is 73.5. The van der Waals surface area contributed by atoms with Gasteiger partial charge in [-0.05, 0) is 31.4 Å². The third kappa shape index (κ3) is 3.84. The normalized spacial score (nSPS) is 27.1. The van der Waals surface area contributed by atoms with Gasteiger partial charge in [0.15, 0.2) is 23.1 Å². The summed E-state index contributed by atoms with van der Waals surface area (Å²) in [6.07, 6.45) is -8.78. The molecule has 1 heterocycles. The fraction of sp³-hybridized carbons (Fsp3) is 0.367. The number of fused-ring (bicyclic) bond motifs is 4. The van der Waals surface area contributed by atoms with Gasteiger partial charge in [-0.2, -0.15) is 0 Å². The summed E-state index contributed by atoms with van der Waals surface area (Å²) in [4.78, 5) is 69.7. The molecule has 45 heavy (non-hydrogen) atoms. The number of benzene rings is 1. The number of phenols is 1. The molecule has 1 spiro atoms. The molecule has 1 aromatic heterocycles. The first-order valence-corrected chi connectivity index (χ1v) is 14.1. The van der Waals surface area contributed by atoms with Gasteiger partial charge in [-0.15, -0.1) is 0 Å². The van der Waals surface area contributed by atoms with Gasteiger partial charge in [-0.25, -0.2) is 0 Å². The van der Waals surface area contributed by atoms with E-state index in [2.05, 4.69) is 4.98 Å². The largest absolute Gasteiger partial charge is 0.507 e. The van der Waals surface area contributed by atoms with Gasteiger partial charge in [0.2, 0.25) is 5.78 Å². The van der Waals surface area contributed by atoms with Crippen LogP contribution < -0.4 is 5.56 Å². The van der Waals surface area contributed by atoms with Crippen molar-refractivity contribution in [3.05, 3.63) is 72.6 Å². The maximum absolute atomic E-state index is 14.2. The number of carbonyl (C=O) groups is 4. The maximum atomic E-state index is 14.2. The lowest BCUT2D eigenvalue weighted by Crippen LogP contribution is -2.43. The van der Waals surface area contributed by atoms with Crippen LogP contribution in [0.25, 0.3) is 10.8 Å². The minimum atomic E-state index is -2.28. The molecule has 6 rings (SSSR count). The van der Waals surface area contributed by atoms with Crippen LogP contribution >= 0.6 is 11.6 Å². The maximum Gasteiger partial charge on any atom is 0.259 e. The molecule has 7 unspecified atom stereocenters. The zero-order valence-corrected chi connectivity index (χ0v) is 24.2. The molecule has 0 bridgehead atoms. The number of pyridine rings is 1. The van der Waals surface area contributed by atoms with Crippen molar-refractivity contribution >= 4 is 45.5 Å². The van der Waals surface area contributed by atoms with Crippen molar-refractivity contribution in [2.75, 3.05) is 7.11 Å². The molecule has 0 fully saturated rings. The van der Waals surface area contributed by atoms with E-state index in [4.69, 9.17) is 16.3 Å². The molecule has 15 heteroatoms. The van der Waals surface area contributed by atoms with Crippen LogP contribution in [-0.2, 0) is 35.8 Å². The van der Waals surface area contributed by atoms with Gasteiger partial charge in [-0.3, -0.25) is 24.0 Å². The molecule has 0 saturated heterocycles. The third-order valence-electron chi connectivity index (χ3n) is 9.20. The molecule has 0 saturated carbocycles. The summed E-state index contributed by atoms with van der Waals surface area (Å²) in [6, 6.07) is 1.12. The van der Waals surface area contributed by atoms with Crippen LogP contribution in [0.5, 0.6) is 5.75 Å². The Morgan fingerprint density at radius 2 is 1.69 bits per heavy atom. The second-order valence-corrected chi connectivity index (χ2v) is 11.9. The van der Waals surface area contributed by atoms with Crippen LogP contribution in [0.15, 0.2) is 45.2 Å². The smallest absolute Gasteiger partial charge is 0.259 e. The monoisotopic (exact) mass is 643 g/mol. The summed E-state index contributed by atoms with van der Waals surface area (Å²) >= 11 is 6.69. The molecule has 7 atom stereocenters. The van der Waals surface area contributed by atoms with Crippen LogP contribution in [0.4, 0.5) is 0 Å². The third-order valence-corrected chi connectivity index (χ3v) is 9.63. The van der Waals surface area contributed by atoms with Crippen LogP contribution in [0.1, 0.15) is 36.3 Å². The van der Waals surface area contributed by atoms with Gasteiger partial charge in [-0.1, -0.05) is 11.6 Å². The first-order chi connectivity index (χ1) is 21.1. The number of aromatic amines is 1. The Balaban J connectivity index is 1.51. The van der Waals surface area contributed by atoms with Gasteiger partial charge in [0.05, 0.1) is 52.5 Å². The Bertz CT molecular complexity index is 1940. The summed E-state index contributed by atoms with van der Waals surface area (Å²) in [5.41, 5.74) is -5.87. The number of hydrogen-bond donors (Lipinski definition) is 8. The molecule has 8 N–H and O–H groups in total. The minimum Gasteiger partial charge on any atom is -0.507 e. The van der Waals surface area contributed by atoms with Gasteiger partial charge >= 0.3 is 0 Å². The first-order valence-electron chi connectivity index (χ1n) is 13.7. The van der Waals surface area contributed by atoms with Crippen molar-refractivity contribution in [2.24, 2.45) is 5.92 Å². The lowest BCUT2D eigenvalue weighted by atomic mass is 9.73. The molecule has 4 aliphatic rings. The number of aromatic hydroxyl groups is 1. The summed E-state index contributed by atoms with van der Waals surface area (Å²) in [5.74, 6) is -7.91. The lowest BCUT2D eigenvalue weighted by Gasteiger charge is -2.31. The number of hydrogen-bond acceptors (Lipinski definition) is 13. The van der Waals surface area contributed by atoms with E-state index in [0.717, 1.165) is 19.3 Å². The number of allylic oxidation sites excluding steroid dienone is 3. The predicted octanol–water partition coefficient (Wildman–Crippen LogP) is -0.860. The molecule has 2 aromatic rings. The van der Waals surface area contributed by atoms with Crippen molar-refractivity contribution in [3.63, 3.8) is 0 Å². The Morgan fingerprint density at radius 3 is 2.31 bits per heavy atom. The number of rotatable bonds is 5. The van der Waals surface area contributed by atoms with Gasteiger partial charge in [0, 0.05) is 22.6 Å². The average Bonchev–Trinajstić information content (AvgIpc) is 3.51. The number of aromatic nitrogens is 1. The van der Waals surface area contributed by atoms with E-state index in [9.17, 15) is 59.7 Å². The quantitative estimate of drug-likeness (QED) is 0.185. The van der Waals surface area contributed by atoms with E-state index in [1.807, 2.05) is 0 Å². The minimum absolute atomic E-state index is 0.0633. The number of methoxy groups -OCH3 is 1. The lowest BCUT2D eigenvalue weighted by molar-refractivity contribution is -0.129. The van der Waals surface area contributed by atoms with E-state index >= 15 is 0 Å². The molecule has 4 aliphatic carbocycles. The Morgan fingerprint density at radius 1 is 1.02 bits per heavy atom. The number of nitrogens with one attached hydrogen (secondary N) is 1. The van der Waals surface area contributed by atoms with Crippen molar-refractivity contribution in [1.82, 2.24) is 4.98 Å². The Labute approximate surface area is 257 Å². The van der Waals surface area contributed by atoms with Crippen molar-refractivity contribution in [3.8, 4) is 5.75 Å². The van der Waals surface area contributed by atoms with Crippen LogP contribution in [-0.4, -0.2) is 95.4 Å². The molecular formula is C30H26ClNO13. The number of carbonyl (C=O) groups excluding carboxylic acids is 4. The fourth-order valence-corrected chi connectivity index (χ4v) is 7.30. The predicted molar refractivity (Wildman–Crippen MR) is 151 cm³/mol. The summed E-state index contributed by atoms with van der Waals surface area (Å²) in [6.45, 7) is 1.17. The average molecular weight is 644 g/mol. The SMILES string of the molecule is COC1=CC(=O)C2=C(O)C3=C(C(=O)C4(CCc5c4c(O)c4c(=O)[nH]c(C(O)C(O)C(O)C(C)O)cc4c5Cl)C3=O)C(O)C2C1=O. The number of phenolic OH excluding ortho intramolecular Hbond substituents is 1. The summed E-state index contributed by atoms with van der Waals surface area (Å²) in [7, 11) is 1.11. The topological polar surface area (TPSA) is 252 Å². The highest BCUT2D eigenvalue weighted by Crippen LogP contribution is 2.57. The molecule has 0 aliphatic heterocycles. The molecule has 1 aromatic carbocycles. The van der Waals surface area contributed by atoms with Gasteiger partial charge < -0.3 is 45.5 Å². The number of aliphatic hydroxyl groups is 6. The Kier molecular flexibility index (Phi) is 6.97.